The Bertz CT molecular complexity index is 609. The lowest BCUT2D eigenvalue weighted by atomic mass is 10.1. The van der Waals surface area contributed by atoms with Gasteiger partial charge in [-0.1, -0.05) is 6.07 Å². The number of aromatic nitrogens is 2. The van der Waals surface area contributed by atoms with Crippen molar-refractivity contribution in [3.05, 3.63) is 53.1 Å². The van der Waals surface area contributed by atoms with E-state index < -0.39 is 11.7 Å². The van der Waals surface area contributed by atoms with Gasteiger partial charge in [0.2, 0.25) is 5.91 Å². The van der Waals surface area contributed by atoms with Crippen LogP contribution < -0.4 is 11.1 Å². The summed E-state index contributed by atoms with van der Waals surface area (Å²) in [6, 6.07) is 6.22. The number of hydrogen-bond donors (Lipinski definition) is 2. The molecule has 0 bridgehead atoms. The van der Waals surface area contributed by atoms with Crippen LogP contribution in [-0.2, 0) is 20.0 Å². The third kappa shape index (κ3) is 3.42. The molecule has 0 aliphatic heterocycles. The van der Waals surface area contributed by atoms with Crippen molar-refractivity contribution >= 4 is 5.91 Å². The third-order valence-corrected chi connectivity index (χ3v) is 3.13. The summed E-state index contributed by atoms with van der Waals surface area (Å²) in [5.41, 5.74) is 6.90. The molecule has 20 heavy (non-hydrogen) atoms. The fraction of sp³-hybridized carbons (Fsp3) is 0.286. The first-order chi connectivity index (χ1) is 9.58. The van der Waals surface area contributed by atoms with E-state index in [4.69, 9.17) is 5.73 Å². The van der Waals surface area contributed by atoms with E-state index in [-0.39, 0.29) is 5.56 Å². The number of carbonyl (C=O) groups is 1. The number of aryl methyl sites for hydroxylation is 1. The number of nitrogens with two attached hydrogens (primary N) is 1. The van der Waals surface area contributed by atoms with Crippen LogP contribution in [0.15, 0.2) is 30.5 Å². The summed E-state index contributed by atoms with van der Waals surface area (Å²) in [5.74, 6) is -1.05. The van der Waals surface area contributed by atoms with Crippen LogP contribution in [-0.4, -0.2) is 22.2 Å². The van der Waals surface area contributed by atoms with Crippen LogP contribution in [0.4, 0.5) is 4.39 Å². The second-order valence-corrected chi connectivity index (χ2v) is 4.54. The molecule has 0 aliphatic carbocycles. The highest BCUT2D eigenvalue weighted by Gasteiger charge is 2.06. The number of hydrogen-bond acceptors (Lipinski definition) is 3. The molecule has 0 fully saturated rings. The zero-order chi connectivity index (χ0) is 14.5. The SMILES string of the molecule is Cn1nccc1CCNCc1ccc(C(N)=O)cc1F. The van der Waals surface area contributed by atoms with Crippen LogP contribution in [0.5, 0.6) is 0 Å². The van der Waals surface area contributed by atoms with Crippen LogP contribution in [0.25, 0.3) is 0 Å². The average Bonchev–Trinajstić information content (AvgIpc) is 2.81. The Hall–Kier alpha value is -2.21. The molecule has 1 aromatic carbocycles. The monoisotopic (exact) mass is 276 g/mol. The predicted octanol–water partition coefficient (Wildman–Crippen LogP) is 0.990. The van der Waals surface area contributed by atoms with E-state index in [0.717, 1.165) is 18.7 Å². The fourth-order valence-corrected chi connectivity index (χ4v) is 1.93. The normalized spacial score (nSPS) is 10.7. The van der Waals surface area contributed by atoms with E-state index in [1.54, 1.807) is 12.3 Å². The standard InChI is InChI=1S/C14H17FN4O/c1-19-12(5-7-18-19)4-6-17-9-11-3-2-10(14(16)20)8-13(11)15/h2-3,5,7-8,17H,4,6,9H2,1H3,(H2,16,20). The number of halogens is 1. The van der Waals surface area contributed by atoms with Gasteiger partial charge in [0.15, 0.2) is 0 Å². The number of benzene rings is 1. The second kappa shape index (κ2) is 6.29. The summed E-state index contributed by atoms with van der Waals surface area (Å²) in [5, 5.41) is 7.24. The molecule has 5 nitrogen and oxygen atoms in total. The van der Waals surface area contributed by atoms with Gasteiger partial charge >= 0.3 is 0 Å². The van der Waals surface area contributed by atoms with Crippen molar-refractivity contribution in [1.29, 1.82) is 0 Å². The van der Waals surface area contributed by atoms with Gasteiger partial charge < -0.3 is 11.1 Å². The highest BCUT2D eigenvalue weighted by molar-refractivity contribution is 5.92. The molecule has 6 heteroatoms. The van der Waals surface area contributed by atoms with Crippen molar-refractivity contribution in [2.75, 3.05) is 6.54 Å². The van der Waals surface area contributed by atoms with E-state index in [0.29, 0.717) is 12.1 Å². The first-order valence-corrected chi connectivity index (χ1v) is 6.34. The number of amides is 1. The van der Waals surface area contributed by atoms with Gasteiger partial charge in [-0.25, -0.2) is 4.39 Å². The maximum Gasteiger partial charge on any atom is 0.248 e. The number of nitrogens with zero attached hydrogens (tertiary/aromatic N) is 2. The van der Waals surface area contributed by atoms with Gasteiger partial charge in [0.05, 0.1) is 0 Å². The van der Waals surface area contributed by atoms with Crippen molar-refractivity contribution in [2.45, 2.75) is 13.0 Å². The van der Waals surface area contributed by atoms with Crippen LogP contribution >= 0.6 is 0 Å². The largest absolute Gasteiger partial charge is 0.366 e. The molecule has 0 spiro atoms. The smallest absolute Gasteiger partial charge is 0.248 e. The summed E-state index contributed by atoms with van der Waals surface area (Å²) in [6.07, 6.45) is 2.56. The van der Waals surface area contributed by atoms with Crippen LogP contribution in [0.1, 0.15) is 21.6 Å². The Labute approximate surface area is 116 Å². The van der Waals surface area contributed by atoms with Gasteiger partial charge in [-0.15, -0.1) is 0 Å². The van der Waals surface area contributed by atoms with E-state index >= 15 is 0 Å². The molecule has 0 saturated carbocycles. The lowest BCUT2D eigenvalue weighted by molar-refractivity contribution is 0.1000. The highest BCUT2D eigenvalue weighted by Crippen LogP contribution is 2.10. The zero-order valence-corrected chi connectivity index (χ0v) is 11.3. The summed E-state index contributed by atoms with van der Waals surface area (Å²) in [6.45, 7) is 1.12. The number of carbonyl (C=O) groups excluding carboxylic acids is 1. The van der Waals surface area contributed by atoms with Gasteiger partial charge in [-0.2, -0.15) is 5.10 Å². The Morgan fingerprint density at radius 1 is 1.45 bits per heavy atom. The maximum atomic E-state index is 13.7. The quantitative estimate of drug-likeness (QED) is 0.773. The van der Waals surface area contributed by atoms with Crippen molar-refractivity contribution in [2.24, 2.45) is 12.8 Å². The summed E-state index contributed by atoms with van der Waals surface area (Å²) in [4.78, 5) is 10.9. The van der Waals surface area contributed by atoms with Crippen molar-refractivity contribution < 1.29 is 9.18 Å². The average molecular weight is 276 g/mol. The third-order valence-electron chi connectivity index (χ3n) is 3.13. The van der Waals surface area contributed by atoms with E-state index in [1.165, 1.54) is 12.1 Å². The first-order valence-electron chi connectivity index (χ1n) is 6.34. The lowest BCUT2D eigenvalue weighted by Gasteiger charge is -2.07. The van der Waals surface area contributed by atoms with Gasteiger partial charge in [0.25, 0.3) is 0 Å². The molecule has 106 valence electrons. The fourth-order valence-electron chi connectivity index (χ4n) is 1.93. The first kappa shape index (κ1) is 14.2. The maximum absolute atomic E-state index is 13.7. The molecule has 1 heterocycles. The number of nitrogens with one attached hydrogen (secondary N) is 1. The molecule has 0 radical (unpaired) electrons. The zero-order valence-electron chi connectivity index (χ0n) is 11.3. The molecule has 1 amide bonds. The molecule has 1 aromatic heterocycles. The van der Waals surface area contributed by atoms with Gasteiger partial charge in [0.1, 0.15) is 5.82 Å². The van der Waals surface area contributed by atoms with Crippen molar-refractivity contribution in [1.82, 2.24) is 15.1 Å². The topological polar surface area (TPSA) is 72.9 Å². The minimum atomic E-state index is -0.625. The molecule has 0 saturated heterocycles. The Balaban J connectivity index is 1.85. The van der Waals surface area contributed by atoms with Gasteiger partial charge in [-0.05, 0) is 18.2 Å². The van der Waals surface area contributed by atoms with E-state index in [1.807, 2.05) is 17.8 Å². The molecule has 3 N–H and O–H groups in total. The van der Waals surface area contributed by atoms with Gasteiger partial charge in [0, 0.05) is 49.6 Å². The molecule has 2 aromatic rings. The summed E-state index contributed by atoms with van der Waals surface area (Å²) in [7, 11) is 1.89. The molecular formula is C14H17FN4O. The van der Waals surface area contributed by atoms with Crippen LogP contribution in [0.3, 0.4) is 0 Å². The summed E-state index contributed by atoms with van der Waals surface area (Å²) >= 11 is 0. The Kier molecular flexibility index (Phi) is 4.47. The molecule has 2 rings (SSSR count). The number of rotatable bonds is 6. The molecule has 0 aliphatic rings. The lowest BCUT2D eigenvalue weighted by Crippen LogP contribution is -2.19. The molecular weight excluding hydrogens is 259 g/mol. The minimum absolute atomic E-state index is 0.182. The Morgan fingerprint density at radius 2 is 2.25 bits per heavy atom. The number of primary amides is 1. The van der Waals surface area contributed by atoms with E-state index in [9.17, 15) is 9.18 Å². The van der Waals surface area contributed by atoms with Crippen LogP contribution in [0, 0.1) is 5.82 Å². The summed E-state index contributed by atoms with van der Waals surface area (Å²) < 4.78 is 15.5. The van der Waals surface area contributed by atoms with Crippen molar-refractivity contribution in [3.8, 4) is 0 Å². The minimum Gasteiger partial charge on any atom is -0.366 e. The van der Waals surface area contributed by atoms with E-state index in [2.05, 4.69) is 10.4 Å². The predicted molar refractivity (Wildman–Crippen MR) is 73.5 cm³/mol. The van der Waals surface area contributed by atoms with Crippen molar-refractivity contribution in [3.63, 3.8) is 0 Å². The Morgan fingerprint density at radius 3 is 2.85 bits per heavy atom. The molecule has 0 unspecified atom stereocenters. The highest BCUT2D eigenvalue weighted by atomic mass is 19.1. The van der Waals surface area contributed by atoms with Crippen LogP contribution in [0.2, 0.25) is 0 Å². The second-order valence-electron chi connectivity index (χ2n) is 4.54. The van der Waals surface area contributed by atoms with Gasteiger partial charge in [-0.3, -0.25) is 9.48 Å². The molecule has 0 atom stereocenters.